The molecule has 2 saturated heterocycles. The lowest BCUT2D eigenvalue weighted by Crippen LogP contribution is -2.52. The molecule has 114 valence electrons. The number of nitrogens with one attached hydrogen (secondary N) is 2. The van der Waals surface area contributed by atoms with Crippen LogP contribution in [0.15, 0.2) is 0 Å². The molecule has 0 aliphatic carbocycles. The van der Waals surface area contributed by atoms with Crippen molar-refractivity contribution in [3.05, 3.63) is 0 Å². The molecule has 1 atom stereocenters. The quantitative estimate of drug-likeness (QED) is 0.784. The first kappa shape index (κ1) is 15.1. The van der Waals surface area contributed by atoms with Crippen LogP contribution in [-0.2, 0) is 4.79 Å². The van der Waals surface area contributed by atoms with Gasteiger partial charge in [-0.05, 0) is 33.6 Å². The number of rotatable bonds is 4. The summed E-state index contributed by atoms with van der Waals surface area (Å²) >= 11 is 0. The molecule has 0 saturated carbocycles. The summed E-state index contributed by atoms with van der Waals surface area (Å²) in [5, 5.41) is 5.81. The first-order valence-corrected chi connectivity index (χ1v) is 7.58. The maximum absolute atomic E-state index is 12.0. The number of carbonyl (C=O) groups excluding carboxylic acids is 2. The second-order valence-corrected chi connectivity index (χ2v) is 6.03. The number of nitrogens with zero attached hydrogens (tertiary/aromatic N) is 2. The zero-order chi connectivity index (χ0) is 14.7. The van der Waals surface area contributed by atoms with Crippen LogP contribution in [0.5, 0.6) is 0 Å². The summed E-state index contributed by atoms with van der Waals surface area (Å²) in [6.07, 6.45) is 1.90. The van der Waals surface area contributed by atoms with Crippen molar-refractivity contribution in [2.75, 3.05) is 26.2 Å². The second-order valence-electron chi connectivity index (χ2n) is 6.03. The van der Waals surface area contributed by atoms with Crippen molar-refractivity contribution < 1.29 is 9.59 Å². The van der Waals surface area contributed by atoms with Crippen LogP contribution in [-0.4, -0.2) is 66.0 Å². The van der Waals surface area contributed by atoms with E-state index < -0.39 is 0 Å². The highest BCUT2D eigenvalue weighted by molar-refractivity contribution is 5.81. The molecule has 0 radical (unpaired) electrons. The number of urea groups is 1. The predicted octanol–water partition coefficient (Wildman–Crippen LogP) is 0.389. The Bertz CT molecular complexity index is 364. The monoisotopic (exact) mass is 282 g/mol. The summed E-state index contributed by atoms with van der Waals surface area (Å²) in [4.78, 5) is 27.8. The molecule has 0 aromatic carbocycles. The van der Waals surface area contributed by atoms with Crippen molar-refractivity contribution in [1.29, 1.82) is 0 Å². The number of hydrogen-bond acceptors (Lipinski definition) is 3. The maximum atomic E-state index is 12.0. The number of amides is 3. The molecule has 2 rings (SSSR count). The fourth-order valence-corrected chi connectivity index (χ4v) is 2.99. The van der Waals surface area contributed by atoms with Gasteiger partial charge in [-0.3, -0.25) is 9.69 Å². The van der Waals surface area contributed by atoms with Crippen molar-refractivity contribution in [1.82, 2.24) is 20.4 Å². The van der Waals surface area contributed by atoms with Crippen LogP contribution in [0.25, 0.3) is 0 Å². The normalized spacial score (nSPS) is 23.0. The van der Waals surface area contributed by atoms with Gasteiger partial charge in [-0.1, -0.05) is 0 Å². The highest BCUT2D eigenvalue weighted by atomic mass is 16.2. The Labute approximate surface area is 120 Å². The van der Waals surface area contributed by atoms with Crippen molar-refractivity contribution in [2.45, 2.75) is 51.7 Å². The zero-order valence-corrected chi connectivity index (χ0v) is 12.7. The Morgan fingerprint density at radius 3 is 2.40 bits per heavy atom. The average Bonchev–Trinajstić information content (AvgIpc) is 2.83. The van der Waals surface area contributed by atoms with Crippen LogP contribution >= 0.6 is 0 Å². The Hall–Kier alpha value is -1.30. The fraction of sp³-hybridized carbons (Fsp3) is 0.857. The van der Waals surface area contributed by atoms with Crippen LogP contribution in [0, 0.1) is 0 Å². The van der Waals surface area contributed by atoms with E-state index in [9.17, 15) is 9.59 Å². The minimum Gasteiger partial charge on any atom is -0.353 e. The molecule has 2 aliphatic rings. The van der Waals surface area contributed by atoms with E-state index in [4.69, 9.17) is 0 Å². The van der Waals surface area contributed by atoms with E-state index in [2.05, 4.69) is 15.5 Å². The average molecular weight is 282 g/mol. The van der Waals surface area contributed by atoms with Crippen LogP contribution in [0.3, 0.4) is 0 Å². The molecule has 6 heteroatoms. The van der Waals surface area contributed by atoms with Crippen molar-refractivity contribution in [2.24, 2.45) is 0 Å². The molecule has 1 unspecified atom stereocenters. The van der Waals surface area contributed by atoms with E-state index in [1.165, 1.54) is 0 Å². The largest absolute Gasteiger partial charge is 0.353 e. The van der Waals surface area contributed by atoms with Crippen molar-refractivity contribution in [3.8, 4) is 0 Å². The SMILES string of the molecule is CC(C)NC(=O)C(C)N1CCC(N2CCNC2=O)CC1. The molecule has 0 spiro atoms. The Balaban J connectivity index is 1.81. The Morgan fingerprint density at radius 1 is 1.25 bits per heavy atom. The predicted molar refractivity (Wildman–Crippen MR) is 77.4 cm³/mol. The van der Waals surface area contributed by atoms with Gasteiger partial charge in [-0.25, -0.2) is 4.79 Å². The van der Waals surface area contributed by atoms with Gasteiger partial charge < -0.3 is 15.5 Å². The van der Waals surface area contributed by atoms with Gasteiger partial charge in [0.1, 0.15) is 0 Å². The first-order chi connectivity index (χ1) is 9.49. The van der Waals surface area contributed by atoms with Gasteiger partial charge in [0.2, 0.25) is 5.91 Å². The molecular formula is C14H26N4O2. The molecule has 2 heterocycles. The number of carbonyl (C=O) groups is 2. The van der Waals surface area contributed by atoms with Gasteiger partial charge in [-0.15, -0.1) is 0 Å². The van der Waals surface area contributed by atoms with Gasteiger partial charge in [0.25, 0.3) is 0 Å². The van der Waals surface area contributed by atoms with E-state index in [-0.39, 0.29) is 24.0 Å². The molecular weight excluding hydrogens is 256 g/mol. The van der Waals surface area contributed by atoms with Crippen molar-refractivity contribution in [3.63, 3.8) is 0 Å². The highest BCUT2D eigenvalue weighted by Crippen LogP contribution is 2.19. The van der Waals surface area contributed by atoms with Gasteiger partial charge in [0, 0.05) is 38.3 Å². The van der Waals surface area contributed by atoms with Gasteiger partial charge in [0.15, 0.2) is 0 Å². The van der Waals surface area contributed by atoms with Gasteiger partial charge in [0.05, 0.1) is 6.04 Å². The third-order valence-corrected chi connectivity index (χ3v) is 4.19. The third-order valence-electron chi connectivity index (χ3n) is 4.19. The summed E-state index contributed by atoms with van der Waals surface area (Å²) in [7, 11) is 0. The molecule has 2 fully saturated rings. The topological polar surface area (TPSA) is 64.7 Å². The van der Waals surface area contributed by atoms with Crippen LogP contribution in [0.2, 0.25) is 0 Å². The van der Waals surface area contributed by atoms with Crippen LogP contribution in [0.4, 0.5) is 4.79 Å². The number of hydrogen-bond donors (Lipinski definition) is 2. The third kappa shape index (κ3) is 3.42. The van der Waals surface area contributed by atoms with E-state index in [0.717, 1.165) is 39.0 Å². The van der Waals surface area contributed by atoms with Gasteiger partial charge >= 0.3 is 6.03 Å². The summed E-state index contributed by atoms with van der Waals surface area (Å²) in [5.74, 6) is 0.0948. The second kappa shape index (κ2) is 6.43. The first-order valence-electron chi connectivity index (χ1n) is 7.58. The van der Waals surface area contributed by atoms with E-state index in [1.807, 2.05) is 25.7 Å². The van der Waals surface area contributed by atoms with E-state index in [0.29, 0.717) is 6.04 Å². The Kier molecular flexibility index (Phi) is 4.86. The summed E-state index contributed by atoms with van der Waals surface area (Å²) in [6.45, 7) is 9.23. The number of piperidine rings is 1. The van der Waals surface area contributed by atoms with E-state index >= 15 is 0 Å². The lowest BCUT2D eigenvalue weighted by atomic mass is 10.0. The molecule has 3 amide bonds. The standard InChI is InChI=1S/C14H26N4O2/c1-10(2)16-13(19)11(3)17-7-4-12(5-8-17)18-9-6-15-14(18)20/h10-12H,4-9H2,1-3H3,(H,15,20)(H,16,19). The fourth-order valence-electron chi connectivity index (χ4n) is 2.99. The molecule has 0 aromatic heterocycles. The highest BCUT2D eigenvalue weighted by Gasteiger charge is 2.33. The van der Waals surface area contributed by atoms with Crippen LogP contribution in [0.1, 0.15) is 33.6 Å². The van der Waals surface area contributed by atoms with Gasteiger partial charge in [-0.2, -0.15) is 0 Å². The minimum absolute atomic E-state index is 0.0639. The zero-order valence-electron chi connectivity index (χ0n) is 12.7. The lowest BCUT2D eigenvalue weighted by molar-refractivity contribution is -0.127. The molecule has 20 heavy (non-hydrogen) atoms. The number of likely N-dealkylation sites (tertiary alicyclic amines) is 1. The molecule has 6 nitrogen and oxygen atoms in total. The van der Waals surface area contributed by atoms with Crippen LogP contribution < -0.4 is 10.6 Å². The smallest absolute Gasteiger partial charge is 0.317 e. The van der Waals surface area contributed by atoms with E-state index in [1.54, 1.807) is 0 Å². The summed E-state index contributed by atoms with van der Waals surface area (Å²) in [5.41, 5.74) is 0. The minimum atomic E-state index is -0.0919. The molecule has 0 aromatic rings. The summed E-state index contributed by atoms with van der Waals surface area (Å²) in [6, 6.07) is 0.477. The maximum Gasteiger partial charge on any atom is 0.317 e. The molecule has 2 aliphatic heterocycles. The lowest BCUT2D eigenvalue weighted by Gasteiger charge is -2.38. The molecule has 2 N–H and O–H groups in total. The Morgan fingerprint density at radius 2 is 1.90 bits per heavy atom. The molecule has 0 bridgehead atoms. The summed E-state index contributed by atoms with van der Waals surface area (Å²) < 4.78 is 0. The van der Waals surface area contributed by atoms with Crippen molar-refractivity contribution >= 4 is 11.9 Å².